The van der Waals surface area contributed by atoms with Crippen LogP contribution in [0.4, 0.5) is 0 Å². The Morgan fingerprint density at radius 2 is 2.53 bits per heavy atom. The zero-order valence-corrected chi connectivity index (χ0v) is 11.2. The summed E-state index contributed by atoms with van der Waals surface area (Å²) in [6.45, 7) is 1.94. The summed E-state index contributed by atoms with van der Waals surface area (Å²) in [7, 11) is 1.91. The monoisotopic (exact) mass is 264 g/mol. The second-order valence-electron chi connectivity index (χ2n) is 5.69. The number of fused-ring (bicyclic) bond motifs is 1. The van der Waals surface area contributed by atoms with Gasteiger partial charge in [0.15, 0.2) is 0 Å². The number of nitrogens with zero attached hydrogens (tertiary/aromatic N) is 3. The van der Waals surface area contributed by atoms with E-state index in [0.29, 0.717) is 19.1 Å². The van der Waals surface area contributed by atoms with E-state index in [4.69, 9.17) is 10.5 Å². The molecular weight excluding hydrogens is 244 g/mol. The van der Waals surface area contributed by atoms with Gasteiger partial charge in [-0.05, 0) is 18.8 Å². The Morgan fingerprint density at radius 1 is 1.68 bits per heavy atom. The summed E-state index contributed by atoms with van der Waals surface area (Å²) in [5, 5.41) is 0. The molecule has 0 aromatic carbocycles. The Hall–Kier alpha value is -1.40. The molecule has 2 atom stereocenters. The number of amides is 1. The molecule has 0 bridgehead atoms. The predicted molar refractivity (Wildman–Crippen MR) is 69.1 cm³/mol. The van der Waals surface area contributed by atoms with Gasteiger partial charge in [0.25, 0.3) is 0 Å². The quantitative estimate of drug-likeness (QED) is 0.823. The van der Waals surface area contributed by atoms with Crippen LogP contribution in [0.5, 0.6) is 0 Å². The summed E-state index contributed by atoms with van der Waals surface area (Å²) in [6.07, 6.45) is 5.76. The lowest BCUT2D eigenvalue weighted by atomic mass is 9.70. The zero-order chi connectivity index (χ0) is 13.5. The molecule has 0 spiro atoms. The maximum absolute atomic E-state index is 12.0. The maximum Gasteiger partial charge on any atom is 0.248 e. The van der Waals surface area contributed by atoms with Crippen molar-refractivity contribution in [1.82, 2.24) is 14.5 Å². The molecule has 3 rings (SSSR count). The molecular formula is C13H20N4O2. The second-order valence-corrected chi connectivity index (χ2v) is 5.69. The number of hydrogen-bond acceptors (Lipinski definition) is 4. The van der Waals surface area contributed by atoms with E-state index in [-0.39, 0.29) is 18.1 Å². The summed E-state index contributed by atoms with van der Waals surface area (Å²) < 4.78 is 7.33. The standard InChI is InChI=1S/C13H20N4O2/c1-16-5-4-15-11(16)7-19-8-12(18)17-6-10-2-3-13(10,14)9-17/h4-5,10H,2-3,6-9,14H2,1H3/t10-,13-/m0/s1. The second kappa shape index (κ2) is 4.61. The number of aromatic nitrogens is 2. The van der Waals surface area contributed by atoms with Crippen LogP contribution in [0.2, 0.25) is 0 Å². The molecule has 2 heterocycles. The van der Waals surface area contributed by atoms with E-state index < -0.39 is 0 Å². The number of ether oxygens (including phenoxy) is 1. The minimum atomic E-state index is -0.116. The first-order valence-electron chi connectivity index (χ1n) is 6.69. The Kier molecular flexibility index (Phi) is 3.06. The van der Waals surface area contributed by atoms with Crippen molar-refractivity contribution in [3.8, 4) is 0 Å². The lowest BCUT2D eigenvalue weighted by Gasteiger charge is -2.39. The van der Waals surface area contributed by atoms with Crippen LogP contribution in [0.25, 0.3) is 0 Å². The van der Waals surface area contributed by atoms with Crippen molar-refractivity contribution in [2.24, 2.45) is 18.7 Å². The van der Waals surface area contributed by atoms with Crippen LogP contribution in [-0.2, 0) is 23.2 Å². The molecule has 0 radical (unpaired) electrons. The third-order valence-corrected chi connectivity index (χ3v) is 4.43. The number of likely N-dealkylation sites (tertiary alicyclic amines) is 1. The molecule has 0 unspecified atom stereocenters. The molecule has 1 saturated heterocycles. The van der Waals surface area contributed by atoms with Gasteiger partial charge in [-0.3, -0.25) is 4.79 Å². The van der Waals surface area contributed by atoms with Crippen molar-refractivity contribution in [3.63, 3.8) is 0 Å². The largest absolute Gasteiger partial charge is 0.364 e. The number of carbonyl (C=O) groups excluding carboxylic acids is 1. The van der Waals surface area contributed by atoms with Gasteiger partial charge in [-0.2, -0.15) is 0 Å². The minimum Gasteiger partial charge on any atom is -0.364 e. The number of imidazole rings is 1. The molecule has 1 aromatic rings. The molecule has 1 saturated carbocycles. The third-order valence-electron chi connectivity index (χ3n) is 4.43. The first kappa shape index (κ1) is 12.6. The van der Waals surface area contributed by atoms with Crippen LogP contribution in [-0.4, -0.2) is 45.6 Å². The number of nitrogens with two attached hydrogens (primary N) is 1. The highest BCUT2D eigenvalue weighted by Gasteiger charge is 2.51. The highest BCUT2D eigenvalue weighted by atomic mass is 16.5. The normalized spacial score (nSPS) is 29.2. The van der Waals surface area contributed by atoms with Gasteiger partial charge in [0, 0.05) is 38.1 Å². The van der Waals surface area contributed by atoms with Gasteiger partial charge in [-0.15, -0.1) is 0 Å². The fourth-order valence-electron chi connectivity index (χ4n) is 2.93. The SMILES string of the molecule is Cn1ccnc1COCC(=O)N1C[C@@H]2CC[C@]2(N)C1. The summed E-state index contributed by atoms with van der Waals surface area (Å²) in [5.74, 6) is 1.35. The van der Waals surface area contributed by atoms with Gasteiger partial charge in [0.1, 0.15) is 19.0 Å². The number of aryl methyl sites for hydroxylation is 1. The van der Waals surface area contributed by atoms with Gasteiger partial charge in [0.05, 0.1) is 0 Å². The summed E-state index contributed by atoms with van der Waals surface area (Å²) in [6, 6.07) is 0. The molecule has 6 heteroatoms. The smallest absolute Gasteiger partial charge is 0.248 e. The summed E-state index contributed by atoms with van der Waals surface area (Å²) in [5.41, 5.74) is 6.10. The van der Waals surface area contributed by atoms with Gasteiger partial charge in [-0.25, -0.2) is 4.98 Å². The van der Waals surface area contributed by atoms with E-state index in [1.165, 1.54) is 0 Å². The van der Waals surface area contributed by atoms with Gasteiger partial charge in [-0.1, -0.05) is 0 Å². The number of hydrogen-bond donors (Lipinski definition) is 1. The highest BCUT2D eigenvalue weighted by Crippen LogP contribution is 2.42. The van der Waals surface area contributed by atoms with Crippen molar-refractivity contribution >= 4 is 5.91 Å². The van der Waals surface area contributed by atoms with Crippen LogP contribution < -0.4 is 5.73 Å². The topological polar surface area (TPSA) is 73.4 Å². The van der Waals surface area contributed by atoms with E-state index >= 15 is 0 Å². The van der Waals surface area contributed by atoms with E-state index in [1.807, 2.05) is 22.7 Å². The maximum atomic E-state index is 12.0. The van der Waals surface area contributed by atoms with Crippen molar-refractivity contribution in [2.45, 2.75) is 25.0 Å². The molecule has 1 aromatic heterocycles. The lowest BCUT2D eigenvalue weighted by molar-refractivity contribution is -0.135. The van der Waals surface area contributed by atoms with Crippen LogP contribution in [0.3, 0.4) is 0 Å². The molecule has 1 aliphatic carbocycles. The van der Waals surface area contributed by atoms with Crippen molar-refractivity contribution in [1.29, 1.82) is 0 Å². The van der Waals surface area contributed by atoms with E-state index in [2.05, 4.69) is 4.98 Å². The molecule has 2 N–H and O–H groups in total. The van der Waals surface area contributed by atoms with Crippen molar-refractivity contribution in [3.05, 3.63) is 18.2 Å². The summed E-state index contributed by atoms with van der Waals surface area (Å²) in [4.78, 5) is 18.0. The van der Waals surface area contributed by atoms with Gasteiger partial charge < -0.3 is 19.9 Å². The predicted octanol–water partition coefficient (Wildman–Crippen LogP) is -0.114. The van der Waals surface area contributed by atoms with E-state index in [1.54, 1.807) is 6.20 Å². The Labute approximate surface area is 112 Å². The third kappa shape index (κ3) is 2.26. The lowest BCUT2D eigenvalue weighted by Crippen LogP contribution is -2.54. The van der Waals surface area contributed by atoms with Crippen LogP contribution in [0.15, 0.2) is 12.4 Å². The van der Waals surface area contributed by atoms with Crippen molar-refractivity contribution in [2.75, 3.05) is 19.7 Å². The van der Waals surface area contributed by atoms with Crippen LogP contribution >= 0.6 is 0 Å². The fraction of sp³-hybridized carbons (Fsp3) is 0.692. The van der Waals surface area contributed by atoms with Gasteiger partial charge in [0.2, 0.25) is 5.91 Å². The van der Waals surface area contributed by atoms with E-state index in [0.717, 1.165) is 25.2 Å². The van der Waals surface area contributed by atoms with Gasteiger partial charge >= 0.3 is 0 Å². The molecule has 1 aliphatic heterocycles. The fourth-order valence-corrected chi connectivity index (χ4v) is 2.93. The Bertz CT molecular complexity index is 487. The minimum absolute atomic E-state index is 0.0356. The first-order valence-corrected chi connectivity index (χ1v) is 6.69. The molecule has 6 nitrogen and oxygen atoms in total. The molecule has 1 amide bonds. The Morgan fingerprint density at radius 3 is 3.05 bits per heavy atom. The van der Waals surface area contributed by atoms with E-state index in [9.17, 15) is 4.79 Å². The Balaban J connectivity index is 1.46. The van der Waals surface area contributed by atoms with Crippen LogP contribution in [0.1, 0.15) is 18.7 Å². The van der Waals surface area contributed by atoms with Crippen molar-refractivity contribution < 1.29 is 9.53 Å². The molecule has 2 aliphatic rings. The number of carbonyl (C=O) groups is 1. The average molecular weight is 264 g/mol. The molecule has 2 fully saturated rings. The molecule has 104 valence electrons. The highest BCUT2D eigenvalue weighted by molar-refractivity contribution is 5.78. The summed E-state index contributed by atoms with van der Waals surface area (Å²) >= 11 is 0. The molecule has 19 heavy (non-hydrogen) atoms. The van der Waals surface area contributed by atoms with Crippen LogP contribution in [0, 0.1) is 5.92 Å². The first-order chi connectivity index (χ1) is 9.08. The zero-order valence-electron chi connectivity index (χ0n) is 11.2. The number of rotatable bonds is 4. The average Bonchev–Trinajstić information content (AvgIpc) is 2.87.